The molecule has 2 heteroatoms. The minimum atomic E-state index is 0.645. The summed E-state index contributed by atoms with van der Waals surface area (Å²) in [7, 11) is 1.80. The molecular formula is C17H27NO. The molecule has 1 aromatic carbocycles. The van der Waals surface area contributed by atoms with E-state index in [1.54, 1.807) is 7.11 Å². The van der Waals surface area contributed by atoms with Crippen LogP contribution in [0.3, 0.4) is 0 Å². The van der Waals surface area contributed by atoms with Crippen molar-refractivity contribution in [2.24, 2.45) is 0 Å². The summed E-state index contributed by atoms with van der Waals surface area (Å²) in [5.74, 6) is 1.76. The standard InChI is InChI=1S/C17H27NO/c1-5-18-15-8-6-7-14(11-15)16-10-9-12(2)13(3)17(16)19-4/h9-10,14-15,18H,5-8,11H2,1-4H3. The number of nitrogens with one attached hydrogen (secondary N) is 1. The zero-order valence-electron chi connectivity index (χ0n) is 12.8. The summed E-state index contributed by atoms with van der Waals surface area (Å²) in [6.45, 7) is 7.59. The molecule has 1 fully saturated rings. The minimum absolute atomic E-state index is 0.645. The second-order valence-corrected chi connectivity index (χ2v) is 5.75. The van der Waals surface area contributed by atoms with Gasteiger partial charge in [0.1, 0.15) is 5.75 Å². The Bertz CT molecular complexity index is 426. The van der Waals surface area contributed by atoms with Gasteiger partial charge in [-0.3, -0.25) is 0 Å². The molecule has 2 rings (SSSR count). The fourth-order valence-electron chi connectivity index (χ4n) is 3.35. The van der Waals surface area contributed by atoms with Crippen molar-refractivity contribution in [3.05, 3.63) is 28.8 Å². The first-order valence-corrected chi connectivity index (χ1v) is 7.54. The lowest BCUT2D eigenvalue weighted by molar-refractivity contribution is 0.333. The fourth-order valence-corrected chi connectivity index (χ4v) is 3.35. The second kappa shape index (κ2) is 6.42. The Hall–Kier alpha value is -1.02. The third-order valence-electron chi connectivity index (χ3n) is 4.52. The highest BCUT2D eigenvalue weighted by Gasteiger charge is 2.25. The Morgan fingerprint density at radius 3 is 2.74 bits per heavy atom. The Balaban J connectivity index is 2.23. The highest BCUT2D eigenvalue weighted by Crippen LogP contribution is 2.39. The Morgan fingerprint density at radius 1 is 1.26 bits per heavy atom. The SMILES string of the molecule is CCNC1CCCC(c2ccc(C)c(C)c2OC)C1. The van der Waals surface area contributed by atoms with Gasteiger partial charge in [0.25, 0.3) is 0 Å². The van der Waals surface area contributed by atoms with Crippen LogP contribution < -0.4 is 10.1 Å². The van der Waals surface area contributed by atoms with Gasteiger partial charge >= 0.3 is 0 Å². The van der Waals surface area contributed by atoms with E-state index in [1.807, 2.05) is 0 Å². The lowest BCUT2D eigenvalue weighted by Crippen LogP contribution is -2.33. The van der Waals surface area contributed by atoms with Crippen molar-refractivity contribution in [3.8, 4) is 5.75 Å². The normalized spacial score (nSPS) is 23.4. The molecular weight excluding hydrogens is 234 g/mol. The monoisotopic (exact) mass is 261 g/mol. The minimum Gasteiger partial charge on any atom is -0.496 e. The van der Waals surface area contributed by atoms with E-state index in [9.17, 15) is 0 Å². The van der Waals surface area contributed by atoms with Crippen molar-refractivity contribution in [1.29, 1.82) is 0 Å². The molecule has 1 saturated carbocycles. The third-order valence-corrected chi connectivity index (χ3v) is 4.52. The number of hydrogen-bond acceptors (Lipinski definition) is 2. The maximum atomic E-state index is 5.68. The van der Waals surface area contributed by atoms with Gasteiger partial charge in [0.2, 0.25) is 0 Å². The molecule has 0 aliphatic heterocycles. The molecule has 1 aromatic rings. The average molecular weight is 261 g/mol. The first kappa shape index (κ1) is 14.4. The predicted molar refractivity (Wildman–Crippen MR) is 81.1 cm³/mol. The van der Waals surface area contributed by atoms with Crippen LogP contribution in [0, 0.1) is 13.8 Å². The molecule has 0 heterocycles. The fraction of sp³-hybridized carbons (Fsp3) is 0.647. The van der Waals surface area contributed by atoms with Crippen LogP contribution >= 0.6 is 0 Å². The van der Waals surface area contributed by atoms with E-state index >= 15 is 0 Å². The highest BCUT2D eigenvalue weighted by molar-refractivity contribution is 5.47. The number of rotatable bonds is 4. The molecule has 0 saturated heterocycles. The maximum Gasteiger partial charge on any atom is 0.125 e. The van der Waals surface area contributed by atoms with E-state index in [0.29, 0.717) is 12.0 Å². The quantitative estimate of drug-likeness (QED) is 0.886. The van der Waals surface area contributed by atoms with Crippen LogP contribution in [0.1, 0.15) is 55.2 Å². The molecule has 106 valence electrons. The van der Waals surface area contributed by atoms with Crippen molar-refractivity contribution in [3.63, 3.8) is 0 Å². The molecule has 1 aliphatic rings. The van der Waals surface area contributed by atoms with Gasteiger partial charge < -0.3 is 10.1 Å². The summed E-state index contributed by atoms with van der Waals surface area (Å²) in [5, 5.41) is 3.61. The van der Waals surface area contributed by atoms with Crippen LogP contribution in [0.4, 0.5) is 0 Å². The maximum absolute atomic E-state index is 5.68. The van der Waals surface area contributed by atoms with Gasteiger partial charge in [-0.05, 0) is 62.3 Å². The lowest BCUT2D eigenvalue weighted by atomic mass is 9.80. The molecule has 0 amide bonds. The summed E-state index contributed by atoms with van der Waals surface area (Å²) < 4.78 is 5.68. The third kappa shape index (κ3) is 3.11. The van der Waals surface area contributed by atoms with E-state index < -0.39 is 0 Å². The molecule has 0 aromatic heterocycles. The first-order valence-electron chi connectivity index (χ1n) is 7.54. The molecule has 1 N–H and O–H groups in total. The van der Waals surface area contributed by atoms with Gasteiger partial charge in [0.05, 0.1) is 7.11 Å². The van der Waals surface area contributed by atoms with Crippen LogP contribution in [-0.4, -0.2) is 19.7 Å². The first-order chi connectivity index (χ1) is 9.17. The van der Waals surface area contributed by atoms with E-state index in [2.05, 4.69) is 38.2 Å². The van der Waals surface area contributed by atoms with Gasteiger partial charge in [-0.25, -0.2) is 0 Å². The molecule has 1 aliphatic carbocycles. The van der Waals surface area contributed by atoms with E-state index in [4.69, 9.17) is 4.74 Å². The molecule has 0 radical (unpaired) electrons. The predicted octanol–water partition coefficient (Wildman–Crippen LogP) is 3.95. The zero-order valence-corrected chi connectivity index (χ0v) is 12.8. The molecule has 0 bridgehead atoms. The number of ether oxygens (including phenoxy) is 1. The van der Waals surface area contributed by atoms with Crippen LogP contribution in [0.5, 0.6) is 5.75 Å². The van der Waals surface area contributed by atoms with Crippen LogP contribution in [-0.2, 0) is 0 Å². The topological polar surface area (TPSA) is 21.3 Å². The molecule has 2 unspecified atom stereocenters. The Labute approximate surface area is 117 Å². The molecule has 2 atom stereocenters. The van der Waals surface area contributed by atoms with E-state index in [1.165, 1.54) is 42.4 Å². The van der Waals surface area contributed by atoms with Crippen LogP contribution in [0.25, 0.3) is 0 Å². The lowest BCUT2D eigenvalue weighted by Gasteiger charge is -2.31. The van der Waals surface area contributed by atoms with Crippen LogP contribution in [0.15, 0.2) is 12.1 Å². The number of benzene rings is 1. The number of methoxy groups -OCH3 is 1. The second-order valence-electron chi connectivity index (χ2n) is 5.75. The summed E-state index contributed by atoms with van der Waals surface area (Å²) in [5.41, 5.74) is 4.03. The zero-order chi connectivity index (χ0) is 13.8. The van der Waals surface area contributed by atoms with Crippen molar-refractivity contribution in [1.82, 2.24) is 5.32 Å². The summed E-state index contributed by atoms with van der Waals surface area (Å²) in [6, 6.07) is 5.19. The smallest absolute Gasteiger partial charge is 0.125 e. The van der Waals surface area contributed by atoms with Crippen molar-refractivity contribution in [2.45, 2.75) is 58.4 Å². The summed E-state index contributed by atoms with van der Waals surface area (Å²) in [4.78, 5) is 0. The Morgan fingerprint density at radius 2 is 2.05 bits per heavy atom. The van der Waals surface area contributed by atoms with E-state index in [0.717, 1.165) is 12.3 Å². The molecule has 2 nitrogen and oxygen atoms in total. The van der Waals surface area contributed by atoms with Gasteiger partial charge in [-0.2, -0.15) is 0 Å². The number of aryl methyl sites for hydroxylation is 1. The average Bonchev–Trinajstić information content (AvgIpc) is 2.42. The van der Waals surface area contributed by atoms with Gasteiger partial charge in [0, 0.05) is 6.04 Å². The Kier molecular flexibility index (Phi) is 4.87. The molecule has 19 heavy (non-hydrogen) atoms. The number of hydrogen-bond donors (Lipinski definition) is 1. The highest BCUT2D eigenvalue weighted by atomic mass is 16.5. The van der Waals surface area contributed by atoms with Crippen molar-refractivity contribution >= 4 is 0 Å². The largest absolute Gasteiger partial charge is 0.496 e. The van der Waals surface area contributed by atoms with Gasteiger partial charge in [-0.15, -0.1) is 0 Å². The summed E-state index contributed by atoms with van der Waals surface area (Å²) >= 11 is 0. The van der Waals surface area contributed by atoms with Crippen molar-refractivity contribution < 1.29 is 4.74 Å². The van der Waals surface area contributed by atoms with E-state index in [-0.39, 0.29) is 0 Å². The van der Waals surface area contributed by atoms with Crippen LogP contribution in [0.2, 0.25) is 0 Å². The summed E-state index contributed by atoms with van der Waals surface area (Å²) in [6.07, 6.45) is 5.17. The molecule has 0 spiro atoms. The van der Waals surface area contributed by atoms with Gasteiger partial charge in [0.15, 0.2) is 0 Å². The van der Waals surface area contributed by atoms with Gasteiger partial charge in [-0.1, -0.05) is 25.5 Å². The van der Waals surface area contributed by atoms with Crippen molar-refractivity contribution in [2.75, 3.05) is 13.7 Å².